The summed E-state index contributed by atoms with van der Waals surface area (Å²) in [7, 11) is 0. The fraction of sp³-hybridized carbons (Fsp3) is 0.500. The van der Waals surface area contributed by atoms with Crippen LogP contribution in [0.15, 0.2) is 30.3 Å². The third-order valence-corrected chi connectivity index (χ3v) is 3.00. The van der Waals surface area contributed by atoms with Crippen molar-refractivity contribution in [3.63, 3.8) is 0 Å². The van der Waals surface area contributed by atoms with E-state index in [-0.39, 0.29) is 11.8 Å². The number of carbonyl (C=O) groups is 1. The number of rotatable bonds is 6. The van der Waals surface area contributed by atoms with E-state index in [1.165, 1.54) is 5.56 Å². The van der Waals surface area contributed by atoms with Crippen molar-refractivity contribution in [1.29, 1.82) is 0 Å². The highest BCUT2D eigenvalue weighted by Gasteiger charge is 2.23. The van der Waals surface area contributed by atoms with E-state index < -0.39 is 5.97 Å². The standard InChI is InChI=1S/C14H20O2/c1-3-7-13(14(15)16)11(2)10-12-8-5-4-6-9-12/h4-6,8-9,11,13H,3,7,10H2,1-2H3,(H,15,16). The van der Waals surface area contributed by atoms with Crippen LogP contribution in [0.1, 0.15) is 32.3 Å². The Morgan fingerprint density at radius 2 is 1.94 bits per heavy atom. The van der Waals surface area contributed by atoms with Gasteiger partial charge in [0.25, 0.3) is 0 Å². The van der Waals surface area contributed by atoms with Crippen molar-refractivity contribution in [2.45, 2.75) is 33.1 Å². The zero-order chi connectivity index (χ0) is 12.0. The number of carboxylic acid groups (broad SMARTS) is 1. The largest absolute Gasteiger partial charge is 0.481 e. The van der Waals surface area contributed by atoms with Gasteiger partial charge in [0.2, 0.25) is 0 Å². The molecule has 2 unspecified atom stereocenters. The average Bonchev–Trinajstić information content (AvgIpc) is 2.26. The molecular weight excluding hydrogens is 200 g/mol. The minimum absolute atomic E-state index is 0.194. The number of hydrogen-bond donors (Lipinski definition) is 1. The summed E-state index contributed by atoms with van der Waals surface area (Å²) in [6.07, 6.45) is 2.54. The van der Waals surface area contributed by atoms with Gasteiger partial charge < -0.3 is 5.11 Å². The summed E-state index contributed by atoms with van der Waals surface area (Å²) in [5.41, 5.74) is 1.22. The van der Waals surface area contributed by atoms with E-state index >= 15 is 0 Å². The molecular formula is C14H20O2. The molecule has 0 saturated carbocycles. The van der Waals surface area contributed by atoms with E-state index in [0.29, 0.717) is 0 Å². The summed E-state index contributed by atoms with van der Waals surface area (Å²) >= 11 is 0. The summed E-state index contributed by atoms with van der Waals surface area (Å²) in [5.74, 6) is -0.685. The number of carboxylic acids is 1. The molecule has 0 aliphatic carbocycles. The molecule has 0 spiro atoms. The summed E-state index contributed by atoms with van der Waals surface area (Å²) in [6, 6.07) is 10.1. The minimum Gasteiger partial charge on any atom is -0.481 e. The third kappa shape index (κ3) is 3.69. The van der Waals surface area contributed by atoms with Gasteiger partial charge in [-0.05, 0) is 24.3 Å². The molecule has 1 N–H and O–H groups in total. The predicted molar refractivity (Wildman–Crippen MR) is 65.3 cm³/mol. The first-order valence-corrected chi connectivity index (χ1v) is 5.91. The van der Waals surface area contributed by atoms with Crippen molar-refractivity contribution in [3.8, 4) is 0 Å². The van der Waals surface area contributed by atoms with Crippen molar-refractivity contribution >= 4 is 5.97 Å². The van der Waals surface area contributed by atoms with Crippen LogP contribution >= 0.6 is 0 Å². The Kier molecular flexibility index (Phi) is 5.03. The fourth-order valence-corrected chi connectivity index (χ4v) is 2.09. The Bertz CT molecular complexity index is 319. The number of hydrogen-bond acceptors (Lipinski definition) is 1. The third-order valence-electron chi connectivity index (χ3n) is 3.00. The first-order chi connectivity index (χ1) is 7.65. The van der Waals surface area contributed by atoms with E-state index in [1.54, 1.807) is 0 Å². The molecule has 2 atom stereocenters. The van der Waals surface area contributed by atoms with E-state index in [4.69, 9.17) is 5.11 Å². The van der Waals surface area contributed by atoms with Crippen LogP contribution < -0.4 is 0 Å². The zero-order valence-corrected chi connectivity index (χ0v) is 10.0. The highest BCUT2D eigenvalue weighted by molar-refractivity contribution is 5.70. The molecule has 2 nitrogen and oxygen atoms in total. The summed E-state index contributed by atoms with van der Waals surface area (Å²) in [4.78, 5) is 11.1. The van der Waals surface area contributed by atoms with Crippen molar-refractivity contribution in [1.82, 2.24) is 0 Å². The van der Waals surface area contributed by atoms with E-state index in [9.17, 15) is 4.79 Å². The lowest BCUT2D eigenvalue weighted by Crippen LogP contribution is -2.23. The van der Waals surface area contributed by atoms with Gasteiger partial charge in [0.1, 0.15) is 0 Å². The van der Waals surface area contributed by atoms with E-state index in [1.807, 2.05) is 32.0 Å². The molecule has 16 heavy (non-hydrogen) atoms. The maximum Gasteiger partial charge on any atom is 0.306 e. The van der Waals surface area contributed by atoms with Crippen molar-refractivity contribution in [2.24, 2.45) is 11.8 Å². The van der Waals surface area contributed by atoms with Crippen LogP contribution in [0, 0.1) is 11.8 Å². The lowest BCUT2D eigenvalue weighted by molar-refractivity contribution is -0.143. The van der Waals surface area contributed by atoms with Gasteiger partial charge in [-0.1, -0.05) is 50.6 Å². The quantitative estimate of drug-likeness (QED) is 0.798. The molecule has 1 rings (SSSR count). The molecule has 0 saturated heterocycles. The van der Waals surface area contributed by atoms with Crippen LogP contribution in [0.4, 0.5) is 0 Å². The molecule has 0 bridgehead atoms. The van der Waals surface area contributed by atoms with Crippen LogP contribution in [0.25, 0.3) is 0 Å². The maximum absolute atomic E-state index is 11.1. The minimum atomic E-state index is -0.662. The molecule has 0 heterocycles. The molecule has 0 radical (unpaired) electrons. The Balaban J connectivity index is 2.62. The Morgan fingerprint density at radius 3 is 2.44 bits per heavy atom. The van der Waals surface area contributed by atoms with Gasteiger partial charge in [0.05, 0.1) is 5.92 Å². The van der Waals surface area contributed by atoms with Gasteiger partial charge >= 0.3 is 5.97 Å². The van der Waals surface area contributed by atoms with Crippen LogP contribution in [0.3, 0.4) is 0 Å². The van der Waals surface area contributed by atoms with Gasteiger partial charge in [-0.2, -0.15) is 0 Å². The van der Waals surface area contributed by atoms with Crippen LogP contribution in [-0.2, 0) is 11.2 Å². The Labute approximate surface area is 97.3 Å². The van der Waals surface area contributed by atoms with E-state index in [0.717, 1.165) is 19.3 Å². The SMILES string of the molecule is CCCC(C(=O)O)C(C)Cc1ccccc1. The Hall–Kier alpha value is -1.31. The van der Waals surface area contributed by atoms with Crippen molar-refractivity contribution < 1.29 is 9.90 Å². The molecule has 0 aromatic heterocycles. The van der Waals surface area contributed by atoms with Crippen molar-refractivity contribution in [3.05, 3.63) is 35.9 Å². The highest BCUT2D eigenvalue weighted by atomic mass is 16.4. The topological polar surface area (TPSA) is 37.3 Å². The molecule has 1 aromatic rings. The zero-order valence-electron chi connectivity index (χ0n) is 10.0. The second-order valence-corrected chi connectivity index (χ2v) is 4.40. The first kappa shape index (κ1) is 12.8. The van der Waals surface area contributed by atoms with Crippen LogP contribution in [0.5, 0.6) is 0 Å². The van der Waals surface area contributed by atoms with Crippen molar-refractivity contribution in [2.75, 3.05) is 0 Å². The fourth-order valence-electron chi connectivity index (χ4n) is 2.09. The normalized spacial score (nSPS) is 14.4. The molecule has 0 fully saturated rings. The second kappa shape index (κ2) is 6.31. The molecule has 0 amide bonds. The van der Waals surface area contributed by atoms with Gasteiger partial charge in [-0.15, -0.1) is 0 Å². The Morgan fingerprint density at radius 1 is 1.31 bits per heavy atom. The molecule has 0 aliphatic heterocycles. The highest BCUT2D eigenvalue weighted by Crippen LogP contribution is 2.22. The lowest BCUT2D eigenvalue weighted by atomic mass is 9.85. The first-order valence-electron chi connectivity index (χ1n) is 5.91. The van der Waals surface area contributed by atoms with Gasteiger partial charge in [-0.25, -0.2) is 0 Å². The summed E-state index contributed by atoms with van der Waals surface area (Å²) in [5, 5.41) is 9.15. The van der Waals surface area contributed by atoms with Crippen LogP contribution in [0.2, 0.25) is 0 Å². The smallest absolute Gasteiger partial charge is 0.306 e. The van der Waals surface area contributed by atoms with Gasteiger partial charge in [-0.3, -0.25) is 4.79 Å². The van der Waals surface area contributed by atoms with Crippen LogP contribution in [-0.4, -0.2) is 11.1 Å². The second-order valence-electron chi connectivity index (χ2n) is 4.40. The summed E-state index contributed by atoms with van der Waals surface area (Å²) < 4.78 is 0. The molecule has 88 valence electrons. The predicted octanol–water partition coefficient (Wildman–Crippen LogP) is 3.37. The maximum atomic E-state index is 11.1. The molecule has 1 aromatic carbocycles. The molecule has 0 aliphatic rings. The van der Waals surface area contributed by atoms with Gasteiger partial charge in [0.15, 0.2) is 0 Å². The number of benzene rings is 1. The average molecular weight is 220 g/mol. The molecule has 2 heteroatoms. The van der Waals surface area contributed by atoms with E-state index in [2.05, 4.69) is 12.1 Å². The lowest BCUT2D eigenvalue weighted by Gasteiger charge is -2.19. The van der Waals surface area contributed by atoms with Gasteiger partial charge in [0, 0.05) is 0 Å². The summed E-state index contributed by atoms with van der Waals surface area (Å²) in [6.45, 7) is 4.06. The monoisotopic (exact) mass is 220 g/mol. The number of aliphatic carboxylic acids is 1.